The van der Waals surface area contributed by atoms with Gasteiger partial charge in [0.25, 0.3) is 0 Å². The Morgan fingerprint density at radius 3 is 2.05 bits per heavy atom. The Bertz CT molecular complexity index is 224. The Morgan fingerprint density at radius 2 is 1.68 bits per heavy atom. The third-order valence-electron chi connectivity index (χ3n) is 3.33. The van der Waals surface area contributed by atoms with E-state index in [4.69, 9.17) is 4.74 Å². The topological polar surface area (TPSA) is 38.8 Å². The number of nitrogens with zero attached hydrogens (tertiary/aromatic N) is 1. The first-order valence-corrected chi connectivity index (χ1v) is 7.29. The maximum absolute atomic E-state index is 11.5. The number of alkyl halides is 1. The van der Waals surface area contributed by atoms with Crippen LogP contribution in [0.5, 0.6) is 0 Å². The van der Waals surface area contributed by atoms with Gasteiger partial charge in [-0.1, -0.05) is 27.2 Å². The summed E-state index contributed by atoms with van der Waals surface area (Å²) in [4.78, 5) is 13.0. The lowest BCUT2D eigenvalue weighted by atomic mass is 9.98. The highest BCUT2D eigenvalue weighted by atomic mass is 19.1. The summed E-state index contributed by atoms with van der Waals surface area (Å²) in [5.74, 6) is 0. The van der Waals surface area contributed by atoms with Gasteiger partial charge in [0, 0.05) is 0 Å². The van der Waals surface area contributed by atoms with E-state index in [2.05, 4.69) is 30.4 Å². The van der Waals surface area contributed by atoms with Gasteiger partial charge < -0.3 is 14.4 Å². The van der Waals surface area contributed by atoms with Crippen LogP contribution in [-0.4, -0.2) is 43.7 Å². The van der Waals surface area contributed by atoms with Gasteiger partial charge in [-0.05, 0) is 45.3 Å². The fourth-order valence-corrected chi connectivity index (χ4v) is 2.07. The van der Waals surface area contributed by atoms with E-state index in [1.807, 2.05) is 0 Å². The second kappa shape index (κ2) is 12.2. The molecule has 0 heterocycles. The summed E-state index contributed by atoms with van der Waals surface area (Å²) in [5.41, 5.74) is 0. The molecule has 19 heavy (non-hydrogen) atoms. The zero-order chi connectivity index (χ0) is 14.5. The summed E-state index contributed by atoms with van der Waals surface area (Å²) >= 11 is 0. The molecule has 114 valence electrons. The highest BCUT2D eigenvalue weighted by molar-refractivity contribution is 5.59. The van der Waals surface area contributed by atoms with Crippen molar-refractivity contribution in [1.82, 2.24) is 4.90 Å². The summed E-state index contributed by atoms with van der Waals surface area (Å²) in [7, 11) is 0. The number of carbonyl (C=O) groups excluding carboxylic acids is 1. The molecule has 0 N–H and O–H groups in total. The molecule has 1 aliphatic carbocycles. The van der Waals surface area contributed by atoms with Crippen molar-refractivity contribution in [3.05, 3.63) is 0 Å². The third kappa shape index (κ3) is 9.70. The predicted molar refractivity (Wildman–Crippen MR) is 77.2 cm³/mol. The highest BCUT2D eigenvalue weighted by Crippen LogP contribution is 2.20. The van der Waals surface area contributed by atoms with Gasteiger partial charge in [-0.2, -0.15) is 0 Å². The van der Waals surface area contributed by atoms with E-state index in [-0.39, 0.29) is 10.4 Å². The van der Waals surface area contributed by atoms with Crippen molar-refractivity contribution in [3.8, 4) is 0 Å². The Labute approximate surface area is 120 Å². The van der Waals surface area contributed by atoms with Gasteiger partial charge in [0.2, 0.25) is 6.86 Å². The molecule has 5 heteroatoms. The molecule has 0 spiro atoms. The van der Waals surface area contributed by atoms with Crippen molar-refractivity contribution >= 4 is 6.16 Å². The lowest BCUT2D eigenvalue weighted by molar-refractivity contribution is -0.00758. The summed E-state index contributed by atoms with van der Waals surface area (Å²) in [5, 5.41) is 0. The third-order valence-corrected chi connectivity index (χ3v) is 3.33. The monoisotopic (exact) mass is 280 g/mol. The summed E-state index contributed by atoms with van der Waals surface area (Å²) in [6.07, 6.45) is 4.16. The average Bonchev–Trinajstić information content (AvgIpc) is 2.43. The average molecular weight is 280 g/mol. The number of halogens is 1. The van der Waals surface area contributed by atoms with Crippen molar-refractivity contribution in [2.75, 3.05) is 26.5 Å². The van der Waals surface area contributed by atoms with Crippen molar-refractivity contribution in [1.29, 1.82) is 0 Å². The molecule has 0 aromatic heterocycles. The molecule has 1 rings (SSSR count). The Balaban J connectivity index is -0.000000144. The van der Waals surface area contributed by atoms with E-state index in [1.54, 1.807) is 0 Å². The Hall–Kier alpha value is -0.840. The molecule has 0 radical (unpaired) electrons. The first kappa shape index (κ1) is 18.2. The summed E-state index contributed by atoms with van der Waals surface area (Å²) < 4.78 is 20.3. The van der Waals surface area contributed by atoms with Crippen LogP contribution in [0.2, 0.25) is 0 Å². The minimum absolute atomic E-state index is 0. The van der Waals surface area contributed by atoms with Crippen molar-refractivity contribution in [2.45, 2.75) is 59.0 Å². The van der Waals surface area contributed by atoms with Crippen LogP contribution in [-0.2, 0) is 9.47 Å². The fraction of sp³-hybridized carbons (Fsp3) is 0.929. The van der Waals surface area contributed by atoms with Crippen LogP contribution >= 0.6 is 0 Å². The van der Waals surface area contributed by atoms with Gasteiger partial charge >= 0.3 is 10.4 Å². The predicted octanol–water partition coefficient (Wildman–Crippen LogP) is 4.08. The summed E-state index contributed by atoms with van der Waals surface area (Å²) in [6, 6.07) is 0. The number of rotatable bonds is 5. The van der Waals surface area contributed by atoms with Crippen molar-refractivity contribution < 1.29 is 22.9 Å². The van der Waals surface area contributed by atoms with Crippen LogP contribution in [0.3, 0.4) is 0 Å². The van der Waals surface area contributed by atoms with E-state index < -0.39 is 13.0 Å². The minimum Gasteiger partial charge on any atom is -0.431 e. The molecular weight excluding hydrogens is 249 g/mol. The second-order valence-corrected chi connectivity index (χ2v) is 4.50. The van der Waals surface area contributed by atoms with Crippen LogP contribution < -0.4 is 0 Å². The largest absolute Gasteiger partial charge is 1.00 e. The first-order valence-electron chi connectivity index (χ1n) is 7.29. The van der Waals surface area contributed by atoms with E-state index in [0.29, 0.717) is 0 Å². The normalized spacial score (nSPS) is 15.6. The molecule has 0 aromatic rings. The van der Waals surface area contributed by atoms with Crippen LogP contribution in [0, 0.1) is 0 Å². The van der Waals surface area contributed by atoms with Crippen molar-refractivity contribution in [3.63, 3.8) is 0 Å². The molecule has 0 unspecified atom stereocenters. The number of carbonyl (C=O) groups is 1. The Morgan fingerprint density at radius 1 is 1.16 bits per heavy atom. The zero-order valence-corrected chi connectivity index (χ0v) is 12.5. The standard InChI is InChI=1S/C8H13FO3.C6H15N/c9-6-11-8(10)12-7-4-2-1-3-5-7;1-4-7(5-2)6-3/h7H,1-6H2;4-6H2,1-3H3/p+3. The second-order valence-electron chi connectivity index (χ2n) is 4.50. The zero-order valence-electron chi connectivity index (χ0n) is 15.5. The lowest BCUT2D eigenvalue weighted by Gasteiger charge is -2.20. The molecule has 0 aromatic carbocycles. The Kier molecular flexibility index (Phi) is 11.7. The molecular formula is C14H31FNO3+3. The maximum Gasteiger partial charge on any atom is 1.00 e. The van der Waals surface area contributed by atoms with Crippen LogP contribution in [0.1, 0.15) is 57.2 Å². The van der Waals surface area contributed by atoms with Gasteiger partial charge in [-0.15, -0.1) is 0 Å². The van der Waals surface area contributed by atoms with Gasteiger partial charge in [0.05, 0.1) is 0 Å². The molecule has 0 aliphatic heterocycles. The summed E-state index contributed by atoms with van der Waals surface area (Å²) in [6.45, 7) is 9.02. The molecule has 0 amide bonds. The van der Waals surface area contributed by atoms with Crippen molar-refractivity contribution in [2.24, 2.45) is 0 Å². The van der Waals surface area contributed by atoms with E-state index in [1.165, 1.54) is 26.1 Å². The quantitative estimate of drug-likeness (QED) is 0.711. The van der Waals surface area contributed by atoms with Crippen LogP contribution in [0.4, 0.5) is 9.18 Å². The van der Waals surface area contributed by atoms with Gasteiger partial charge in [-0.3, -0.25) is 0 Å². The SMILES string of the molecule is CCN(CC)CC.O=C(OCF)OC1CCCCC1.[H+].[H+].[H+]. The molecule has 1 fully saturated rings. The fourth-order valence-electron chi connectivity index (χ4n) is 2.07. The molecule has 4 nitrogen and oxygen atoms in total. The number of hydrogen-bond acceptors (Lipinski definition) is 4. The highest BCUT2D eigenvalue weighted by Gasteiger charge is 2.18. The molecule has 0 bridgehead atoms. The van der Waals surface area contributed by atoms with Gasteiger partial charge in [0.1, 0.15) is 6.10 Å². The molecule has 0 saturated heterocycles. The number of ether oxygens (including phenoxy) is 2. The first-order chi connectivity index (χ1) is 9.17. The van der Waals surface area contributed by atoms with E-state index >= 15 is 0 Å². The van der Waals surface area contributed by atoms with E-state index in [0.717, 1.165) is 25.7 Å². The van der Waals surface area contributed by atoms with Gasteiger partial charge in [-0.25, -0.2) is 9.18 Å². The van der Waals surface area contributed by atoms with E-state index in [9.17, 15) is 9.18 Å². The molecule has 1 saturated carbocycles. The van der Waals surface area contributed by atoms with Crippen LogP contribution in [0.25, 0.3) is 0 Å². The van der Waals surface area contributed by atoms with Crippen LogP contribution in [0.15, 0.2) is 0 Å². The molecule has 0 atom stereocenters. The molecule has 1 aliphatic rings. The number of hydrogen-bond donors (Lipinski definition) is 0. The minimum atomic E-state index is -1.11. The lowest BCUT2D eigenvalue weighted by Crippen LogP contribution is -2.21. The van der Waals surface area contributed by atoms with Gasteiger partial charge in [0.15, 0.2) is 0 Å². The smallest absolute Gasteiger partial charge is 0.431 e. The maximum atomic E-state index is 11.5.